The van der Waals surface area contributed by atoms with Crippen LogP contribution in [0.1, 0.15) is 12.8 Å². The number of H-pyrrole nitrogens is 1. The Bertz CT molecular complexity index is 1330. The number of aryl methyl sites for hydroxylation is 1. The number of ether oxygens (including phenoxy) is 1. The Morgan fingerprint density at radius 2 is 2.21 bits per heavy atom. The number of hydrogen-bond donors (Lipinski definition) is 4. The zero-order valence-electron chi connectivity index (χ0n) is 18.1. The van der Waals surface area contributed by atoms with Crippen molar-refractivity contribution in [2.45, 2.75) is 18.9 Å². The summed E-state index contributed by atoms with van der Waals surface area (Å²) in [6, 6.07) is 5.56. The van der Waals surface area contributed by atoms with E-state index < -0.39 is 0 Å². The average molecular weight is 467 g/mol. The quantitative estimate of drug-likeness (QED) is 0.343. The number of aromatic amines is 1. The molecule has 10 nitrogen and oxygen atoms in total. The Balaban J connectivity index is 1.47. The van der Waals surface area contributed by atoms with Crippen molar-refractivity contribution < 1.29 is 9.53 Å². The molecule has 33 heavy (non-hydrogen) atoms. The Kier molecular flexibility index (Phi) is 5.61. The molecular formula is C22H23ClN8O2. The molecule has 0 saturated carbocycles. The molecule has 0 bridgehead atoms. The molecule has 4 N–H and O–H groups in total. The van der Waals surface area contributed by atoms with Gasteiger partial charge < -0.3 is 25.7 Å². The minimum absolute atomic E-state index is 0.0341. The van der Waals surface area contributed by atoms with Crippen LogP contribution < -0.4 is 20.7 Å². The molecule has 1 aliphatic heterocycles. The van der Waals surface area contributed by atoms with Crippen molar-refractivity contribution in [3.05, 3.63) is 41.8 Å². The number of carbonyl (C=O) groups excluding carboxylic acids is 1. The highest BCUT2D eigenvalue weighted by atomic mass is 35.5. The maximum Gasteiger partial charge on any atom is 0.256 e. The van der Waals surface area contributed by atoms with Crippen LogP contribution in [0.2, 0.25) is 5.02 Å². The normalized spacial score (nSPS) is 15.7. The molecule has 0 aliphatic carbocycles. The van der Waals surface area contributed by atoms with Crippen LogP contribution in [0, 0.1) is 0 Å². The summed E-state index contributed by atoms with van der Waals surface area (Å²) in [5.74, 6) is 0.752. The van der Waals surface area contributed by atoms with Gasteiger partial charge in [-0.15, -0.1) is 5.10 Å². The highest BCUT2D eigenvalue weighted by Crippen LogP contribution is 2.35. The summed E-state index contributed by atoms with van der Waals surface area (Å²) >= 11 is 6.48. The second kappa shape index (κ2) is 8.72. The molecule has 1 saturated heterocycles. The third-order valence-electron chi connectivity index (χ3n) is 5.58. The molecule has 3 aromatic heterocycles. The van der Waals surface area contributed by atoms with Gasteiger partial charge in [0.05, 0.1) is 47.5 Å². The van der Waals surface area contributed by atoms with E-state index in [-0.39, 0.29) is 11.9 Å². The van der Waals surface area contributed by atoms with Crippen molar-refractivity contribution in [2.24, 2.45) is 7.05 Å². The third-order valence-corrected chi connectivity index (χ3v) is 5.86. The fourth-order valence-electron chi connectivity index (χ4n) is 4.02. The molecule has 0 radical (unpaired) electrons. The van der Waals surface area contributed by atoms with E-state index in [0.717, 1.165) is 35.9 Å². The SMILES string of the molecule is COc1nn(C)cc1Nc1ncc(Cl)c(-c2c[nH]c3c(NC(=O)C4CCCN4)cccc23)n1. The summed E-state index contributed by atoms with van der Waals surface area (Å²) in [6.07, 6.45) is 6.99. The van der Waals surface area contributed by atoms with E-state index in [1.807, 2.05) is 24.4 Å². The number of rotatable bonds is 6. The first-order chi connectivity index (χ1) is 16.0. The lowest BCUT2D eigenvalue weighted by atomic mass is 10.1. The number of carbonyl (C=O) groups is 1. The van der Waals surface area contributed by atoms with E-state index in [4.69, 9.17) is 16.3 Å². The zero-order valence-corrected chi connectivity index (χ0v) is 18.9. The first-order valence-electron chi connectivity index (χ1n) is 10.6. The number of amides is 1. The van der Waals surface area contributed by atoms with Crippen LogP contribution in [0.5, 0.6) is 5.88 Å². The minimum Gasteiger partial charge on any atom is -0.478 e. The number of nitrogens with zero attached hydrogens (tertiary/aromatic N) is 4. The van der Waals surface area contributed by atoms with E-state index in [1.165, 1.54) is 0 Å². The summed E-state index contributed by atoms with van der Waals surface area (Å²) in [4.78, 5) is 24.8. The van der Waals surface area contributed by atoms with Gasteiger partial charge in [-0.1, -0.05) is 23.7 Å². The number of nitrogens with one attached hydrogen (secondary N) is 4. The van der Waals surface area contributed by atoms with Crippen molar-refractivity contribution in [3.8, 4) is 17.1 Å². The molecule has 0 spiro atoms. The zero-order chi connectivity index (χ0) is 22.9. The number of aromatic nitrogens is 5. The molecule has 11 heteroatoms. The van der Waals surface area contributed by atoms with Gasteiger partial charge in [0.2, 0.25) is 11.9 Å². The summed E-state index contributed by atoms with van der Waals surface area (Å²) in [5.41, 5.74) is 3.51. The first-order valence-corrected chi connectivity index (χ1v) is 10.9. The van der Waals surface area contributed by atoms with Crippen LogP contribution in [0.15, 0.2) is 36.8 Å². The summed E-state index contributed by atoms with van der Waals surface area (Å²) in [7, 11) is 3.35. The Morgan fingerprint density at radius 3 is 3.00 bits per heavy atom. The molecule has 1 amide bonds. The van der Waals surface area contributed by atoms with Crippen LogP contribution in [0.3, 0.4) is 0 Å². The predicted molar refractivity (Wildman–Crippen MR) is 127 cm³/mol. The molecule has 5 rings (SSSR count). The molecule has 170 valence electrons. The molecule has 1 aromatic carbocycles. The predicted octanol–water partition coefficient (Wildman–Crippen LogP) is 3.45. The number of fused-ring (bicyclic) bond motifs is 1. The van der Waals surface area contributed by atoms with Crippen molar-refractivity contribution in [2.75, 3.05) is 24.3 Å². The van der Waals surface area contributed by atoms with Gasteiger partial charge in [0.25, 0.3) is 5.88 Å². The number of para-hydroxylation sites is 1. The van der Waals surface area contributed by atoms with Crippen LogP contribution in [-0.4, -0.2) is 50.3 Å². The molecule has 1 aliphatic rings. The number of methoxy groups -OCH3 is 1. The number of anilines is 3. The monoisotopic (exact) mass is 466 g/mol. The van der Waals surface area contributed by atoms with Crippen molar-refractivity contribution in [1.82, 2.24) is 30.0 Å². The largest absolute Gasteiger partial charge is 0.478 e. The summed E-state index contributed by atoms with van der Waals surface area (Å²) in [6.45, 7) is 0.864. The van der Waals surface area contributed by atoms with Gasteiger partial charge in [-0.25, -0.2) is 9.97 Å². The van der Waals surface area contributed by atoms with E-state index in [0.29, 0.717) is 33.9 Å². The van der Waals surface area contributed by atoms with Gasteiger partial charge >= 0.3 is 0 Å². The second-order valence-electron chi connectivity index (χ2n) is 7.81. The van der Waals surface area contributed by atoms with E-state index in [9.17, 15) is 4.79 Å². The van der Waals surface area contributed by atoms with Gasteiger partial charge in [-0.2, -0.15) is 0 Å². The summed E-state index contributed by atoms with van der Waals surface area (Å²) in [5, 5.41) is 14.9. The van der Waals surface area contributed by atoms with Crippen molar-refractivity contribution in [3.63, 3.8) is 0 Å². The van der Waals surface area contributed by atoms with Gasteiger partial charge in [0.1, 0.15) is 5.69 Å². The Hall–Kier alpha value is -3.63. The molecular weight excluding hydrogens is 444 g/mol. The number of hydrogen-bond acceptors (Lipinski definition) is 7. The lowest BCUT2D eigenvalue weighted by molar-refractivity contribution is -0.117. The van der Waals surface area contributed by atoms with Crippen LogP contribution in [0.25, 0.3) is 22.2 Å². The van der Waals surface area contributed by atoms with Gasteiger partial charge in [-0.3, -0.25) is 9.48 Å². The van der Waals surface area contributed by atoms with Gasteiger partial charge in [0.15, 0.2) is 0 Å². The average Bonchev–Trinajstić information content (AvgIpc) is 3.55. The summed E-state index contributed by atoms with van der Waals surface area (Å²) < 4.78 is 6.92. The molecule has 4 heterocycles. The van der Waals surface area contributed by atoms with Crippen molar-refractivity contribution >= 4 is 45.7 Å². The lowest BCUT2D eigenvalue weighted by Crippen LogP contribution is -2.35. The lowest BCUT2D eigenvalue weighted by Gasteiger charge is -2.12. The van der Waals surface area contributed by atoms with Gasteiger partial charge in [-0.05, 0) is 25.5 Å². The fraction of sp³-hybridized carbons (Fsp3) is 0.273. The standard InChI is InChI=1S/C22H23ClN8O2/c1-31-11-17(21(30-31)33-2)28-22-26-10-14(23)18(29-22)13-9-25-19-12(13)5-3-6-15(19)27-20(32)16-7-4-8-24-16/h3,5-6,9-11,16,24-25H,4,7-8H2,1-2H3,(H,27,32)(H,26,28,29). The van der Waals surface area contributed by atoms with Crippen LogP contribution in [0.4, 0.5) is 17.3 Å². The van der Waals surface area contributed by atoms with E-state index in [1.54, 1.807) is 31.2 Å². The molecule has 1 atom stereocenters. The van der Waals surface area contributed by atoms with E-state index in [2.05, 4.69) is 36.0 Å². The van der Waals surface area contributed by atoms with Crippen molar-refractivity contribution in [1.29, 1.82) is 0 Å². The maximum absolute atomic E-state index is 12.6. The highest BCUT2D eigenvalue weighted by Gasteiger charge is 2.23. The number of benzene rings is 1. The highest BCUT2D eigenvalue weighted by molar-refractivity contribution is 6.33. The Morgan fingerprint density at radius 1 is 1.33 bits per heavy atom. The van der Waals surface area contributed by atoms with E-state index >= 15 is 0 Å². The Labute approximate surface area is 194 Å². The molecule has 4 aromatic rings. The maximum atomic E-state index is 12.6. The molecule has 1 fully saturated rings. The van der Waals surface area contributed by atoms with Crippen LogP contribution >= 0.6 is 11.6 Å². The topological polar surface area (TPSA) is 122 Å². The third kappa shape index (κ3) is 4.10. The minimum atomic E-state index is -0.163. The second-order valence-corrected chi connectivity index (χ2v) is 8.22. The van der Waals surface area contributed by atoms with Crippen LogP contribution in [-0.2, 0) is 11.8 Å². The fourth-order valence-corrected chi connectivity index (χ4v) is 4.22. The number of halogens is 1. The smallest absolute Gasteiger partial charge is 0.256 e. The molecule has 1 unspecified atom stereocenters. The first kappa shape index (κ1) is 21.2. The van der Waals surface area contributed by atoms with Gasteiger partial charge in [0, 0.05) is 24.2 Å².